The Morgan fingerprint density at radius 3 is 1.94 bits per heavy atom. The Labute approximate surface area is 192 Å². The molecule has 5 aromatic rings. The van der Waals surface area contributed by atoms with Gasteiger partial charge in [0.1, 0.15) is 13.2 Å². The van der Waals surface area contributed by atoms with Gasteiger partial charge in [-0.25, -0.2) is 4.98 Å². The molecule has 0 unspecified atom stereocenters. The summed E-state index contributed by atoms with van der Waals surface area (Å²) in [6.07, 6.45) is 5.15. The second kappa shape index (κ2) is 9.83. The first-order valence-corrected chi connectivity index (χ1v) is 10.7. The van der Waals surface area contributed by atoms with Crippen LogP contribution in [0.3, 0.4) is 0 Å². The minimum atomic E-state index is 0.435. The van der Waals surface area contributed by atoms with Crippen molar-refractivity contribution in [3.63, 3.8) is 0 Å². The van der Waals surface area contributed by atoms with Crippen LogP contribution in [-0.2, 0) is 13.2 Å². The number of hydrogen-bond acceptors (Lipinski definition) is 5. The number of pyridine rings is 1. The Bertz CT molecular complexity index is 1300. The number of aromatic nitrogens is 2. The molecule has 0 saturated heterocycles. The lowest BCUT2D eigenvalue weighted by Crippen LogP contribution is -2.00. The molecule has 0 fully saturated rings. The number of hydrogen-bond donors (Lipinski definition) is 0. The molecule has 5 rings (SSSR count). The van der Waals surface area contributed by atoms with Gasteiger partial charge < -0.3 is 13.9 Å². The van der Waals surface area contributed by atoms with E-state index in [2.05, 4.69) is 9.97 Å². The highest BCUT2D eigenvalue weighted by Crippen LogP contribution is 2.35. The van der Waals surface area contributed by atoms with Crippen molar-refractivity contribution in [1.82, 2.24) is 9.97 Å². The van der Waals surface area contributed by atoms with Crippen LogP contribution in [0.25, 0.3) is 22.8 Å². The Hall–Kier alpha value is -4.38. The minimum Gasteiger partial charge on any atom is -0.485 e. The van der Waals surface area contributed by atoms with Gasteiger partial charge in [-0.05, 0) is 41.5 Å². The fraction of sp³-hybridized carbons (Fsp3) is 0.0714. The summed E-state index contributed by atoms with van der Waals surface area (Å²) >= 11 is 0. The molecular weight excluding hydrogens is 412 g/mol. The molecule has 5 nitrogen and oxygen atoms in total. The molecule has 0 N–H and O–H groups in total. The monoisotopic (exact) mass is 434 g/mol. The standard InChI is InChI=1S/C28H22N2O3/c1-3-7-21(8-4-1)19-31-25-12-11-24(17-26(25)32-20-22-9-5-2-6-10-22)27-18-30-28(33-27)23-13-15-29-16-14-23/h1-18H,19-20H2. The summed E-state index contributed by atoms with van der Waals surface area (Å²) in [4.78, 5) is 8.46. The molecular formula is C28H22N2O3. The Balaban J connectivity index is 1.41. The SMILES string of the molecule is c1ccc(COc2ccc(-c3cnc(-c4ccncc4)o3)cc2OCc2ccccc2)cc1. The van der Waals surface area contributed by atoms with Crippen LogP contribution in [0.1, 0.15) is 11.1 Å². The van der Waals surface area contributed by atoms with Crippen molar-refractivity contribution in [1.29, 1.82) is 0 Å². The summed E-state index contributed by atoms with van der Waals surface area (Å²) in [6, 6.07) is 29.6. The first-order chi connectivity index (χ1) is 16.3. The summed E-state index contributed by atoms with van der Waals surface area (Å²) in [7, 11) is 0. The third-order valence-electron chi connectivity index (χ3n) is 5.14. The van der Waals surface area contributed by atoms with Crippen molar-refractivity contribution in [2.24, 2.45) is 0 Å². The van der Waals surface area contributed by atoms with E-state index in [-0.39, 0.29) is 0 Å². The molecule has 0 aliphatic heterocycles. The number of benzene rings is 3. The maximum atomic E-state index is 6.17. The Morgan fingerprint density at radius 2 is 1.27 bits per heavy atom. The average Bonchev–Trinajstić information content (AvgIpc) is 3.39. The van der Waals surface area contributed by atoms with Gasteiger partial charge >= 0.3 is 0 Å². The van der Waals surface area contributed by atoms with Gasteiger partial charge in [0.2, 0.25) is 5.89 Å². The number of nitrogens with zero attached hydrogens (tertiary/aromatic N) is 2. The molecule has 2 aromatic heterocycles. The molecule has 5 heteroatoms. The van der Waals surface area contributed by atoms with Crippen LogP contribution in [0, 0.1) is 0 Å². The van der Waals surface area contributed by atoms with Crippen LogP contribution in [0.15, 0.2) is 114 Å². The van der Waals surface area contributed by atoms with E-state index in [0.717, 1.165) is 22.3 Å². The molecule has 3 aromatic carbocycles. The normalized spacial score (nSPS) is 10.7. The fourth-order valence-corrected chi connectivity index (χ4v) is 3.40. The van der Waals surface area contributed by atoms with Crippen molar-refractivity contribution >= 4 is 0 Å². The quantitative estimate of drug-likeness (QED) is 0.277. The molecule has 2 heterocycles. The summed E-state index contributed by atoms with van der Waals surface area (Å²) in [6.45, 7) is 0.890. The van der Waals surface area contributed by atoms with Crippen LogP contribution < -0.4 is 9.47 Å². The second-order valence-electron chi connectivity index (χ2n) is 7.48. The maximum absolute atomic E-state index is 6.17. The van der Waals surface area contributed by atoms with E-state index in [1.807, 2.05) is 91.0 Å². The fourth-order valence-electron chi connectivity index (χ4n) is 3.40. The van der Waals surface area contributed by atoms with Crippen molar-refractivity contribution in [2.45, 2.75) is 13.2 Å². The molecule has 0 atom stereocenters. The van der Waals surface area contributed by atoms with E-state index < -0.39 is 0 Å². The molecule has 0 saturated carbocycles. The largest absolute Gasteiger partial charge is 0.485 e. The van der Waals surface area contributed by atoms with Crippen molar-refractivity contribution in [3.8, 4) is 34.3 Å². The highest BCUT2D eigenvalue weighted by atomic mass is 16.5. The third-order valence-corrected chi connectivity index (χ3v) is 5.14. The van der Waals surface area contributed by atoms with Crippen LogP contribution in [-0.4, -0.2) is 9.97 Å². The van der Waals surface area contributed by atoms with E-state index in [9.17, 15) is 0 Å². The van der Waals surface area contributed by atoms with Gasteiger partial charge in [0.25, 0.3) is 0 Å². The van der Waals surface area contributed by atoms with Crippen molar-refractivity contribution < 1.29 is 13.9 Å². The lowest BCUT2D eigenvalue weighted by atomic mass is 10.1. The molecule has 33 heavy (non-hydrogen) atoms. The first-order valence-electron chi connectivity index (χ1n) is 10.7. The highest BCUT2D eigenvalue weighted by molar-refractivity contribution is 5.64. The summed E-state index contributed by atoms with van der Waals surface area (Å²) in [5.74, 6) is 2.52. The number of ether oxygens (including phenoxy) is 2. The summed E-state index contributed by atoms with van der Waals surface area (Å²) in [5.41, 5.74) is 3.90. The topological polar surface area (TPSA) is 57.4 Å². The van der Waals surface area contributed by atoms with E-state index in [4.69, 9.17) is 13.9 Å². The second-order valence-corrected chi connectivity index (χ2v) is 7.48. The van der Waals surface area contributed by atoms with Gasteiger partial charge in [-0.2, -0.15) is 0 Å². The third kappa shape index (κ3) is 5.10. The average molecular weight is 434 g/mol. The van der Waals surface area contributed by atoms with Gasteiger partial charge in [0, 0.05) is 23.5 Å². The first kappa shape index (κ1) is 20.5. The lowest BCUT2D eigenvalue weighted by Gasteiger charge is -2.14. The predicted octanol–water partition coefficient (Wildman–Crippen LogP) is 6.56. The zero-order valence-electron chi connectivity index (χ0n) is 17.9. The molecule has 0 spiro atoms. The molecule has 162 valence electrons. The number of oxazole rings is 1. The lowest BCUT2D eigenvalue weighted by molar-refractivity contribution is 0.256. The van der Waals surface area contributed by atoms with Gasteiger partial charge in [0.05, 0.1) is 6.20 Å². The molecule has 0 bridgehead atoms. The van der Waals surface area contributed by atoms with E-state index in [1.165, 1.54) is 0 Å². The van der Waals surface area contributed by atoms with Gasteiger partial charge in [-0.15, -0.1) is 0 Å². The molecule has 0 amide bonds. The Kier molecular flexibility index (Phi) is 6.11. The molecule has 0 aliphatic carbocycles. The predicted molar refractivity (Wildman–Crippen MR) is 127 cm³/mol. The van der Waals surface area contributed by atoms with Gasteiger partial charge in [0.15, 0.2) is 17.3 Å². The Morgan fingerprint density at radius 1 is 0.636 bits per heavy atom. The minimum absolute atomic E-state index is 0.435. The van der Waals surface area contributed by atoms with Gasteiger partial charge in [-0.3, -0.25) is 4.98 Å². The van der Waals surface area contributed by atoms with Gasteiger partial charge in [-0.1, -0.05) is 60.7 Å². The number of rotatable bonds is 8. The zero-order valence-corrected chi connectivity index (χ0v) is 17.9. The highest BCUT2D eigenvalue weighted by Gasteiger charge is 2.13. The summed E-state index contributed by atoms with van der Waals surface area (Å²) in [5, 5.41) is 0. The summed E-state index contributed by atoms with van der Waals surface area (Å²) < 4.78 is 18.3. The van der Waals surface area contributed by atoms with Crippen LogP contribution in [0.4, 0.5) is 0 Å². The smallest absolute Gasteiger partial charge is 0.226 e. The zero-order chi connectivity index (χ0) is 22.3. The van der Waals surface area contributed by atoms with Crippen molar-refractivity contribution in [3.05, 3.63) is 121 Å². The van der Waals surface area contributed by atoms with Crippen LogP contribution in [0.2, 0.25) is 0 Å². The molecule has 0 radical (unpaired) electrons. The maximum Gasteiger partial charge on any atom is 0.226 e. The van der Waals surface area contributed by atoms with E-state index >= 15 is 0 Å². The van der Waals surface area contributed by atoms with Crippen molar-refractivity contribution in [2.75, 3.05) is 0 Å². The van der Waals surface area contributed by atoms with Crippen LogP contribution in [0.5, 0.6) is 11.5 Å². The van der Waals surface area contributed by atoms with E-state index in [1.54, 1.807) is 18.6 Å². The van der Waals surface area contributed by atoms with E-state index in [0.29, 0.717) is 36.4 Å². The molecule has 0 aliphatic rings. The van der Waals surface area contributed by atoms with Crippen LogP contribution >= 0.6 is 0 Å².